The second-order valence-electron chi connectivity index (χ2n) is 7.28. The first kappa shape index (κ1) is 20.1. The zero-order chi connectivity index (χ0) is 21.7. The minimum absolute atomic E-state index is 0.136. The summed E-state index contributed by atoms with van der Waals surface area (Å²) in [5.74, 6) is -0.263. The maximum atomic E-state index is 12.7. The third kappa shape index (κ3) is 3.61. The lowest BCUT2D eigenvalue weighted by Gasteiger charge is -2.22. The minimum atomic E-state index is -0.399. The Bertz CT molecular complexity index is 1370. The Kier molecular flexibility index (Phi) is 5.01. The Hall–Kier alpha value is -2.80. The number of hydrogen-bond acceptors (Lipinski definition) is 3. The van der Waals surface area contributed by atoms with Gasteiger partial charge in [0, 0.05) is 50.4 Å². The Morgan fingerprint density at radius 3 is 2.81 bits per heavy atom. The number of allylic oxidation sites excluding steroid dienone is 1. The molecule has 3 heterocycles. The van der Waals surface area contributed by atoms with E-state index in [9.17, 15) is 4.79 Å². The minimum Gasteiger partial charge on any atom is -0.342 e. The molecule has 1 aromatic heterocycles. The molecule has 3 aromatic rings. The van der Waals surface area contributed by atoms with Gasteiger partial charge in [-0.2, -0.15) is 4.99 Å². The lowest BCUT2D eigenvalue weighted by atomic mass is 10.1. The van der Waals surface area contributed by atoms with Crippen LogP contribution in [0.4, 0.5) is 0 Å². The fraction of sp³-hybridized carbons (Fsp3) is 0.0870. The predicted molar refractivity (Wildman–Crippen MR) is 129 cm³/mol. The van der Waals surface area contributed by atoms with E-state index in [0.717, 1.165) is 26.9 Å². The second kappa shape index (κ2) is 7.71. The van der Waals surface area contributed by atoms with E-state index in [2.05, 4.69) is 9.56 Å². The lowest BCUT2D eigenvalue weighted by Crippen LogP contribution is -2.35. The first-order valence-electron chi connectivity index (χ1n) is 9.51. The van der Waals surface area contributed by atoms with Gasteiger partial charge in [0.1, 0.15) is 5.84 Å². The summed E-state index contributed by atoms with van der Waals surface area (Å²) in [6, 6.07) is 13.4. The Balaban J connectivity index is 1.58. The molecule has 31 heavy (non-hydrogen) atoms. The highest BCUT2D eigenvalue weighted by molar-refractivity contribution is 8.17. The van der Waals surface area contributed by atoms with E-state index < -0.39 is 5.91 Å². The number of rotatable bonds is 3. The number of halogens is 2. The van der Waals surface area contributed by atoms with E-state index >= 15 is 0 Å². The number of aromatic nitrogens is 1. The highest BCUT2D eigenvalue weighted by Crippen LogP contribution is 2.33. The number of fused-ring (bicyclic) bond motifs is 2. The number of carbonyl (C=O) groups excluding carboxylic acids is 1. The van der Waals surface area contributed by atoms with Gasteiger partial charge in [-0.05, 0) is 36.8 Å². The molecule has 5 nitrogen and oxygen atoms in total. The molecule has 2 aliphatic rings. The topological polar surface area (TPSA) is 61.5 Å². The van der Waals surface area contributed by atoms with Crippen molar-refractivity contribution in [3.05, 3.63) is 86.5 Å². The monoisotopic (exact) mass is 466 g/mol. The molecule has 2 aromatic carbocycles. The number of nitrogens with one attached hydrogen (secondary N) is 1. The molecule has 8 heteroatoms. The average Bonchev–Trinajstić information content (AvgIpc) is 3.27. The number of carbonyl (C=O) groups is 1. The number of para-hydroxylation sites is 1. The van der Waals surface area contributed by atoms with Crippen molar-refractivity contribution in [2.75, 3.05) is 0 Å². The molecular weight excluding hydrogens is 451 g/mol. The quantitative estimate of drug-likeness (QED) is 0.469. The van der Waals surface area contributed by atoms with Crippen LogP contribution in [0.2, 0.25) is 10.0 Å². The van der Waals surface area contributed by atoms with Crippen molar-refractivity contribution >= 4 is 68.9 Å². The standard InChI is InChI=1S/C23H16Cl2N4OS/c1-13-10-29-21(26)18(22(30)27-23(29)31-13)8-15-12-28(20-5-3-2-4-17(15)20)11-14-6-7-16(24)9-19(14)25/h2-10,12,26H,11H2,1H3/b18-8-,26-21?. The fourth-order valence-corrected chi connectivity index (χ4v) is 5.00. The van der Waals surface area contributed by atoms with Gasteiger partial charge < -0.3 is 4.57 Å². The van der Waals surface area contributed by atoms with Crippen LogP contribution in [0.25, 0.3) is 17.0 Å². The molecule has 1 N–H and O–H groups in total. The van der Waals surface area contributed by atoms with Crippen LogP contribution in [0, 0.1) is 5.41 Å². The summed E-state index contributed by atoms with van der Waals surface area (Å²) in [5, 5.41) is 11.3. The van der Waals surface area contributed by atoms with Crippen molar-refractivity contribution in [3.8, 4) is 0 Å². The van der Waals surface area contributed by atoms with Crippen molar-refractivity contribution in [2.45, 2.75) is 13.5 Å². The number of aliphatic imine (C=N–C) groups is 1. The van der Waals surface area contributed by atoms with Gasteiger partial charge in [0.25, 0.3) is 5.91 Å². The van der Waals surface area contributed by atoms with E-state index in [-0.39, 0.29) is 11.4 Å². The van der Waals surface area contributed by atoms with Crippen LogP contribution in [-0.4, -0.2) is 26.4 Å². The molecule has 0 spiro atoms. The smallest absolute Gasteiger partial charge is 0.283 e. The van der Waals surface area contributed by atoms with Gasteiger partial charge >= 0.3 is 0 Å². The molecule has 0 fully saturated rings. The summed E-state index contributed by atoms with van der Waals surface area (Å²) in [5.41, 5.74) is 3.06. The predicted octanol–water partition coefficient (Wildman–Crippen LogP) is 6.16. The van der Waals surface area contributed by atoms with Crippen molar-refractivity contribution in [3.63, 3.8) is 0 Å². The normalized spacial score (nSPS) is 17.4. The number of benzene rings is 2. The average molecular weight is 467 g/mol. The van der Waals surface area contributed by atoms with Crippen LogP contribution < -0.4 is 0 Å². The van der Waals surface area contributed by atoms with Crippen LogP contribution in [0.15, 0.2) is 70.3 Å². The Morgan fingerprint density at radius 2 is 2.00 bits per heavy atom. The Morgan fingerprint density at radius 1 is 1.19 bits per heavy atom. The van der Waals surface area contributed by atoms with Crippen molar-refractivity contribution in [1.82, 2.24) is 9.47 Å². The van der Waals surface area contributed by atoms with E-state index in [4.69, 9.17) is 28.6 Å². The van der Waals surface area contributed by atoms with Crippen LogP contribution in [0.3, 0.4) is 0 Å². The molecule has 0 radical (unpaired) electrons. The first-order chi connectivity index (χ1) is 14.9. The van der Waals surface area contributed by atoms with E-state index in [1.165, 1.54) is 11.8 Å². The van der Waals surface area contributed by atoms with Crippen molar-refractivity contribution < 1.29 is 4.79 Å². The summed E-state index contributed by atoms with van der Waals surface area (Å²) in [6.07, 6.45) is 5.56. The highest BCUT2D eigenvalue weighted by atomic mass is 35.5. The zero-order valence-corrected chi connectivity index (χ0v) is 18.7. The van der Waals surface area contributed by atoms with Gasteiger partial charge in [0.2, 0.25) is 0 Å². The maximum Gasteiger partial charge on any atom is 0.283 e. The summed E-state index contributed by atoms with van der Waals surface area (Å²) >= 11 is 13.8. The molecule has 2 aliphatic heterocycles. The number of thioether (sulfide) groups is 1. The second-order valence-corrected chi connectivity index (χ2v) is 9.34. The van der Waals surface area contributed by atoms with Crippen molar-refractivity contribution in [1.29, 1.82) is 5.41 Å². The maximum absolute atomic E-state index is 12.7. The number of amides is 1. The van der Waals surface area contributed by atoms with Gasteiger partial charge in [0.15, 0.2) is 5.17 Å². The number of hydrogen-bond donors (Lipinski definition) is 1. The third-order valence-electron chi connectivity index (χ3n) is 5.17. The van der Waals surface area contributed by atoms with Crippen molar-refractivity contribution in [2.24, 2.45) is 4.99 Å². The molecular formula is C23H16Cl2N4OS. The van der Waals surface area contributed by atoms with E-state index in [0.29, 0.717) is 21.8 Å². The highest BCUT2D eigenvalue weighted by Gasteiger charge is 2.33. The molecule has 0 aliphatic carbocycles. The molecule has 0 atom stereocenters. The fourth-order valence-electron chi connectivity index (χ4n) is 3.71. The summed E-state index contributed by atoms with van der Waals surface area (Å²) < 4.78 is 2.08. The van der Waals surface area contributed by atoms with Crippen LogP contribution in [0.5, 0.6) is 0 Å². The lowest BCUT2D eigenvalue weighted by molar-refractivity contribution is -0.114. The third-order valence-corrected chi connectivity index (χ3v) is 6.65. The van der Waals surface area contributed by atoms with Gasteiger partial charge in [-0.3, -0.25) is 15.1 Å². The summed E-state index contributed by atoms with van der Waals surface area (Å²) in [6.45, 7) is 2.49. The van der Waals surface area contributed by atoms with Gasteiger partial charge in [0.05, 0.1) is 5.57 Å². The van der Waals surface area contributed by atoms with Gasteiger partial charge in [-0.15, -0.1) is 0 Å². The largest absolute Gasteiger partial charge is 0.342 e. The molecule has 5 rings (SSSR count). The van der Waals surface area contributed by atoms with E-state index in [1.54, 1.807) is 17.0 Å². The Labute approximate surface area is 193 Å². The molecule has 0 bridgehead atoms. The molecule has 0 unspecified atom stereocenters. The SMILES string of the molecule is CC1=CN2C(=N)/C(=C/c3cn(Cc4ccc(Cl)cc4Cl)c4ccccc34)C(=O)N=C2S1. The van der Waals surface area contributed by atoms with Crippen LogP contribution >= 0.6 is 35.0 Å². The molecule has 0 saturated carbocycles. The van der Waals surface area contributed by atoms with Crippen LogP contribution in [-0.2, 0) is 11.3 Å². The summed E-state index contributed by atoms with van der Waals surface area (Å²) in [4.78, 5) is 19.5. The first-order valence-corrected chi connectivity index (χ1v) is 11.1. The van der Waals surface area contributed by atoms with E-state index in [1.807, 2.05) is 55.7 Å². The molecule has 1 amide bonds. The van der Waals surface area contributed by atoms with Gasteiger partial charge in [-0.25, -0.2) is 0 Å². The van der Waals surface area contributed by atoms with Gasteiger partial charge in [-0.1, -0.05) is 59.2 Å². The summed E-state index contributed by atoms with van der Waals surface area (Å²) in [7, 11) is 0. The number of nitrogens with zero attached hydrogens (tertiary/aromatic N) is 3. The molecule has 0 saturated heterocycles. The van der Waals surface area contributed by atoms with Crippen LogP contribution in [0.1, 0.15) is 18.1 Å². The number of amidine groups is 2. The zero-order valence-electron chi connectivity index (χ0n) is 16.4. The molecule has 154 valence electrons.